The van der Waals surface area contributed by atoms with E-state index in [4.69, 9.17) is 0 Å². The first-order chi connectivity index (χ1) is 14.1. The second-order valence-corrected chi connectivity index (χ2v) is 11.8. The molecule has 4 heteroatoms. The largest absolute Gasteiger partial charge is 0.393 e. The summed E-state index contributed by atoms with van der Waals surface area (Å²) in [5.41, 5.74) is 1.54. The number of hydrogen-bond acceptors (Lipinski definition) is 3. The van der Waals surface area contributed by atoms with Crippen LogP contribution < -0.4 is 0 Å². The average Bonchev–Trinajstić information content (AvgIpc) is 3.04. The maximum absolute atomic E-state index is 12.1. The highest BCUT2D eigenvalue weighted by molar-refractivity contribution is 5.75. The fourth-order valence-electron chi connectivity index (χ4n) is 8.45. The number of hydrogen-bond donors (Lipinski definition) is 2. The molecule has 3 saturated carbocycles. The van der Waals surface area contributed by atoms with Crippen molar-refractivity contribution in [1.82, 2.24) is 4.90 Å². The Morgan fingerprint density at radius 2 is 1.93 bits per heavy atom. The van der Waals surface area contributed by atoms with Crippen LogP contribution in [0.2, 0.25) is 0 Å². The van der Waals surface area contributed by atoms with E-state index < -0.39 is 6.10 Å². The first-order valence-electron chi connectivity index (χ1n) is 12.3. The van der Waals surface area contributed by atoms with Crippen LogP contribution in [0.5, 0.6) is 0 Å². The summed E-state index contributed by atoms with van der Waals surface area (Å²) in [6, 6.07) is 0. The molecule has 30 heavy (non-hydrogen) atoms. The van der Waals surface area contributed by atoms with Gasteiger partial charge in [-0.25, -0.2) is 0 Å². The highest BCUT2D eigenvalue weighted by atomic mass is 16.3. The molecule has 0 spiro atoms. The first kappa shape index (κ1) is 22.3. The number of allylic oxidation sites excluding steroid dienone is 1. The van der Waals surface area contributed by atoms with Gasteiger partial charge in [0.15, 0.2) is 0 Å². The van der Waals surface area contributed by atoms with Gasteiger partial charge in [0.05, 0.1) is 12.2 Å². The number of nitrogens with zero attached hydrogens (tertiary/aromatic N) is 1. The van der Waals surface area contributed by atoms with Crippen molar-refractivity contribution in [2.75, 3.05) is 14.1 Å². The SMILES string of the molecule is C[C@H](CCC(=O)N(C)C)[C@H]1CC[C@H]2[C@@H]3CC=C4C[C@@H](O)C[C@H](O)[C@]4(C)[C@H]3CC[C@]12C. The van der Waals surface area contributed by atoms with Crippen molar-refractivity contribution in [2.24, 2.45) is 40.4 Å². The zero-order valence-electron chi connectivity index (χ0n) is 19.7. The molecule has 0 heterocycles. The Bertz CT molecular complexity index is 702. The number of amides is 1. The molecule has 170 valence electrons. The van der Waals surface area contributed by atoms with E-state index >= 15 is 0 Å². The third-order valence-corrected chi connectivity index (χ3v) is 10.3. The normalized spacial score (nSPS) is 46.3. The van der Waals surface area contributed by atoms with Gasteiger partial charge in [0.25, 0.3) is 0 Å². The Kier molecular flexibility index (Phi) is 5.89. The molecular weight excluding hydrogens is 374 g/mol. The zero-order chi connectivity index (χ0) is 21.8. The van der Waals surface area contributed by atoms with Crippen molar-refractivity contribution in [3.63, 3.8) is 0 Å². The van der Waals surface area contributed by atoms with Gasteiger partial charge in [-0.1, -0.05) is 32.4 Å². The van der Waals surface area contributed by atoms with Gasteiger partial charge in [-0.05, 0) is 80.0 Å². The Hall–Kier alpha value is -0.870. The summed E-state index contributed by atoms with van der Waals surface area (Å²) >= 11 is 0. The number of carbonyl (C=O) groups excluding carboxylic acids is 1. The van der Waals surface area contributed by atoms with Crippen LogP contribution in [0.3, 0.4) is 0 Å². The summed E-state index contributed by atoms with van der Waals surface area (Å²) in [7, 11) is 3.70. The van der Waals surface area contributed by atoms with Crippen molar-refractivity contribution >= 4 is 5.91 Å². The number of rotatable bonds is 4. The standard InChI is InChI=1S/C26H43NO3/c1-16(6-11-24(30)27(4)5)20-9-10-21-19-8-7-17-14-18(28)15-23(29)26(17,3)22(19)12-13-25(20,21)2/h7,16,18-23,28-29H,6,8-15H2,1-5H3/t16-,18-,19+,20-,21+,22+,23+,25-,26+/m1/s1. The van der Waals surface area contributed by atoms with Gasteiger partial charge in [0.2, 0.25) is 5.91 Å². The average molecular weight is 418 g/mol. The predicted molar refractivity (Wildman–Crippen MR) is 120 cm³/mol. The van der Waals surface area contributed by atoms with Gasteiger partial charge >= 0.3 is 0 Å². The van der Waals surface area contributed by atoms with Crippen LogP contribution in [0, 0.1) is 40.4 Å². The number of fused-ring (bicyclic) bond motifs is 5. The summed E-state index contributed by atoms with van der Waals surface area (Å²) in [6.45, 7) is 7.20. The van der Waals surface area contributed by atoms with E-state index in [2.05, 4.69) is 26.8 Å². The van der Waals surface area contributed by atoms with Crippen molar-refractivity contribution < 1.29 is 15.0 Å². The van der Waals surface area contributed by atoms with Crippen molar-refractivity contribution in [3.8, 4) is 0 Å². The van der Waals surface area contributed by atoms with Crippen LogP contribution in [0.1, 0.15) is 78.6 Å². The molecule has 4 nitrogen and oxygen atoms in total. The van der Waals surface area contributed by atoms with Gasteiger partial charge in [-0.3, -0.25) is 4.79 Å². The predicted octanol–water partition coefficient (Wildman–Crippen LogP) is 4.40. The Morgan fingerprint density at radius 1 is 1.20 bits per heavy atom. The minimum Gasteiger partial charge on any atom is -0.393 e. The molecule has 0 aliphatic heterocycles. The summed E-state index contributed by atoms with van der Waals surface area (Å²) in [4.78, 5) is 13.8. The molecule has 9 atom stereocenters. The fourth-order valence-corrected chi connectivity index (χ4v) is 8.45. The summed E-state index contributed by atoms with van der Waals surface area (Å²) in [6.07, 6.45) is 10.7. The van der Waals surface area contributed by atoms with Gasteiger partial charge in [0, 0.05) is 32.4 Å². The van der Waals surface area contributed by atoms with Gasteiger partial charge in [-0.2, -0.15) is 0 Å². The van der Waals surface area contributed by atoms with E-state index in [0.717, 1.165) is 25.2 Å². The summed E-state index contributed by atoms with van der Waals surface area (Å²) in [5.74, 6) is 3.46. The maximum atomic E-state index is 12.1. The molecule has 4 rings (SSSR count). The van der Waals surface area contributed by atoms with E-state index in [9.17, 15) is 15.0 Å². The number of aliphatic hydroxyl groups excluding tert-OH is 2. The molecule has 4 aliphatic rings. The molecule has 4 aliphatic carbocycles. The third-order valence-electron chi connectivity index (χ3n) is 10.3. The lowest BCUT2D eigenvalue weighted by Crippen LogP contribution is -2.55. The van der Waals surface area contributed by atoms with Crippen LogP contribution >= 0.6 is 0 Å². The molecule has 2 N–H and O–H groups in total. The molecule has 0 radical (unpaired) electrons. The minimum atomic E-state index is -0.419. The van der Waals surface area contributed by atoms with Crippen molar-refractivity contribution in [2.45, 2.75) is 90.8 Å². The number of aliphatic hydroxyl groups is 2. The summed E-state index contributed by atoms with van der Waals surface area (Å²) in [5, 5.41) is 21.3. The molecule has 0 aromatic carbocycles. The van der Waals surface area contributed by atoms with Crippen LogP contribution in [-0.4, -0.2) is 47.3 Å². The van der Waals surface area contributed by atoms with E-state index in [-0.39, 0.29) is 17.4 Å². The van der Waals surface area contributed by atoms with Gasteiger partial charge in [0.1, 0.15) is 0 Å². The Balaban J connectivity index is 1.52. The molecule has 3 fully saturated rings. The van der Waals surface area contributed by atoms with Crippen LogP contribution in [-0.2, 0) is 4.79 Å². The zero-order valence-corrected chi connectivity index (χ0v) is 19.7. The van der Waals surface area contributed by atoms with Crippen molar-refractivity contribution in [1.29, 1.82) is 0 Å². The second kappa shape index (κ2) is 7.92. The van der Waals surface area contributed by atoms with Gasteiger partial charge in [-0.15, -0.1) is 0 Å². The molecule has 1 amide bonds. The van der Waals surface area contributed by atoms with Crippen LogP contribution in [0.25, 0.3) is 0 Å². The van der Waals surface area contributed by atoms with Crippen molar-refractivity contribution in [3.05, 3.63) is 11.6 Å². The first-order valence-corrected chi connectivity index (χ1v) is 12.3. The molecule has 0 aromatic rings. The fraction of sp³-hybridized carbons (Fsp3) is 0.885. The lowest BCUT2D eigenvalue weighted by atomic mass is 9.46. The molecule has 0 unspecified atom stereocenters. The smallest absolute Gasteiger partial charge is 0.222 e. The Morgan fingerprint density at radius 3 is 2.63 bits per heavy atom. The molecule has 0 aromatic heterocycles. The minimum absolute atomic E-state index is 0.148. The maximum Gasteiger partial charge on any atom is 0.222 e. The lowest BCUT2D eigenvalue weighted by molar-refractivity contribution is -0.129. The van der Waals surface area contributed by atoms with E-state index in [1.54, 1.807) is 4.90 Å². The monoisotopic (exact) mass is 417 g/mol. The van der Waals surface area contributed by atoms with Crippen LogP contribution in [0.4, 0.5) is 0 Å². The lowest BCUT2D eigenvalue weighted by Gasteiger charge is -2.59. The van der Waals surface area contributed by atoms with E-state index in [1.807, 2.05) is 14.1 Å². The van der Waals surface area contributed by atoms with Gasteiger partial charge < -0.3 is 15.1 Å². The Labute approximate surface area is 183 Å². The van der Waals surface area contributed by atoms with Crippen LogP contribution in [0.15, 0.2) is 11.6 Å². The number of carbonyl (C=O) groups is 1. The van der Waals surface area contributed by atoms with E-state index in [0.29, 0.717) is 41.9 Å². The third kappa shape index (κ3) is 3.37. The highest BCUT2D eigenvalue weighted by Gasteiger charge is 2.60. The topological polar surface area (TPSA) is 60.8 Å². The highest BCUT2D eigenvalue weighted by Crippen LogP contribution is 2.67. The second-order valence-electron chi connectivity index (χ2n) is 11.8. The van der Waals surface area contributed by atoms with E-state index in [1.165, 1.54) is 31.3 Å². The molecule has 0 bridgehead atoms. The molecular formula is C26H43NO3. The molecule has 0 saturated heterocycles. The quantitative estimate of drug-likeness (QED) is 0.667. The summed E-state index contributed by atoms with van der Waals surface area (Å²) < 4.78 is 0.